The van der Waals surface area contributed by atoms with Crippen molar-refractivity contribution in [3.05, 3.63) is 34.9 Å². The first-order chi connectivity index (χ1) is 13.7. The Morgan fingerprint density at radius 2 is 1.90 bits per heavy atom. The molecule has 1 aromatic rings. The number of nitrogens with zero attached hydrogens (tertiary/aromatic N) is 2. The molecule has 2 atom stereocenters. The lowest BCUT2D eigenvalue weighted by Gasteiger charge is -2.50. The van der Waals surface area contributed by atoms with Gasteiger partial charge in [0.15, 0.2) is 0 Å². The normalized spacial score (nSPS) is 24.5. The third kappa shape index (κ3) is 5.55. The zero-order chi connectivity index (χ0) is 21.6. The first-order valence-corrected chi connectivity index (χ1v) is 9.79. The zero-order valence-electron chi connectivity index (χ0n) is 17.0. The Labute approximate surface area is 170 Å². The number of carboxylic acid groups (broad SMARTS) is 2. The maximum absolute atomic E-state index is 13.0. The van der Waals surface area contributed by atoms with E-state index in [2.05, 4.69) is 0 Å². The molecular weight excluding hydrogens is 376 g/mol. The number of carbonyl (C=O) groups is 3. The van der Waals surface area contributed by atoms with Crippen LogP contribution in [0.2, 0.25) is 0 Å². The molecular formula is C21H30N2O6. The number of aliphatic hydroxyl groups excluding tert-OH is 1. The van der Waals surface area contributed by atoms with Crippen LogP contribution in [-0.4, -0.2) is 82.3 Å². The molecule has 2 fully saturated rings. The van der Waals surface area contributed by atoms with Crippen LogP contribution in [-0.2, 0) is 9.59 Å². The average Bonchev–Trinajstić information content (AvgIpc) is 2.67. The minimum Gasteiger partial charge on any atom is -0.483 e. The molecule has 0 aromatic heterocycles. The van der Waals surface area contributed by atoms with Crippen LogP contribution in [0.5, 0.6) is 0 Å². The van der Waals surface area contributed by atoms with E-state index in [1.54, 1.807) is 0 Å². The highest BCUT2D eigenvalue weighted by molar-refractivity contribution is 5.94. The van der Waals surface area contributed by atoms with Gasteiger partial charge in [0.2, 0.25) is 0 Å². The number of amides is 1. The minimum absolute atomic E-state index is 0.00488. The number of hydrogen-bond donors (Lipinski definition) is 3. The van der Waals surface area contributed by atoms with Crippen LogP contribution in [0.15, 0.2) is 18.2 Å². The molecule has 2 aliphatic rings. The van der Waals surface area contributed by atoms with Crippen molar-refractivity contribution >= 4 is 18.3 Å². The number of aliphatic carboxylic acids is 1. The van der Waals surface area contributed by atoms with E-state index in [4.69, 9.17) is 15.0 Å². The van der Waals surface area contributed by atoms with E-state index in [1.165, 1.54) is 0 Å². The molecule has 8 nitrogen and oxygen atoms in total. The summed E-state index contributed by atoms with van der Waals surface area (Å²) in [6.45, 7) is 6.03. The highest BCUT2D eigenvalue weighted by Crippen LogP contribution is 2.39. The van der Waals surface area contributed by atoms with E-state index in [0.29, 0.717) is 38.2 Å². The fourth-order valence-electron chi connectivity index (χ4n) is 4.36. The van der Waals surface area contributed by atoms with E-state index in [-0.39, 0.29) is 18.9 Å². The molecule has 1 aromatic carbocycles. The zero-order valence-corrected chi connectivity index (χ0v) is 17.0. The number of piperidine rings is 2. The molecule has 2 heterocycles. The summed E-state index contributed by atoms with van der Waals surface area (Å²) in [4.78, 5) is 36.1. The number of hydrogen-bond acceptors (Lipinski definition) is 5. The molecule has 0 bridgehead atoms. The highest BCUT2D eigenvalue weighted by atomic mass is 16.4. The van der Waals surface area contributed by atoms with Gasteiger partial charge >= 0.3 is 5.97 Å². The van der Waals surface area contributed by atoms with Crippen molar-refractivity contribution in [2.75, 3.05) is 32.7 Å². The van der Waals surface area contributed by atoms with E-state index >= 15 is 0 Å². The summed E-state index contributed by atoms with van der Waals surface area (Å²) in [5.41, 5.74) is 2.50. The quantitative estimate of drug-likeness (QED) is 0.649. The summed E-state index contributed by atoms with van der Waals surface area (Å²) in [7, 11) is 0. The highest BCUT2D eigenvalue weighted by Gasteiger charge is 2.46. The van der Waals surface area contributed by atoms with Gasteiger partial charge in [0.1, 0.15) is 0 Å². The standard InChI is InChI=1S/C20H28N2O4.CH2O2/c1-14-4-5-16(10-15(14)2)19(26)22-8-3-7-20(13-22)12-21(11-18(24)25)9-6-17(20)23;2-1-3/h4-5,10,17,23H,3,6-9,11-13H2,1-2H3,(H,24,25);1H,(H,2,3)/t17-,20-;/m1./s1. The van der Waals surface area contributed by atoms with Crippen LogP contribution >= 0.6 is 0 Å². The Kier molecular flexibility index (Phi) is 7.75. The molecule has 0 saturated carbocycles. The van der Waals surface area contributed by atoms with Crippen molar-refractivity contribution in [2.45, 2.75) is 39.2 Å². The van der Waals surface area contributed by atoms with Crippen molar-refractivity contribution in [2.24, 2.45) is 5.41 Å². The second kappa shape index (κ2) is 9.84. The number of likely N-dealkylation sites (tertiary alicyclic amines) is 2. The molecule has 0 aliphatic carbocycles. The minimum atomic E-state index is -0.851. The van der Waals surface area contributed by atoms with Crippen LogP contribution in [0.3, 0.4) is 0 Å². The second-order valence-electron chi connectivity index (χ2n) is 8.01. The van der Waals surface area contributed by atoms with Gasteiger partial charge in [-0.05, 0) is 56.4 Å². The summed E-state index contributed by atoms with van der Waals surface area (Å²) in [5, 5.41) is 26.7. The number of carbonyl (C=O) groups excluding carboxylic acids is 1. The van der Waals surface area contributed by atoms with Crippen LogP contribution in [0.4, 0.5) is 0 Å². The van der Waals surface area contributed by atoms with Gasteiger partial charge in [-0.25, -0.2) is 0 Å². The first kappa shape index (κ1) is 22.8. The SMILES string of the molecule is Cc1ccc(C(=O)N2CCC[C@@]3(CN(CC(=O)O)CC[C@H]3O)C2)cc1C.O=CO. The Morgan fingerprint density at radius 3 is 2.52 bits per heavy atom. The van der Waals surface area contributed by atoms with Crippen molar-refractivity contribution in [3.63, 3.8) is 0 Å². The lowest BCUT2D eigenvalue weighted by atomic mass is 9.71. The molecule has 1 spiro atoms. The predicted octanol–water partition coefficient (Wildman–Crippen LogP) is 1.38. The fourth-order valence-corrected chi connectivity index (χ4v) is 4.36. The molecule has 1 amide bonds. The molecule has 2 saturated heterocycles. The van der Waals surface area contributed by atoms with Gasteiger partial charge in [-0.1, -0.05) is 6.07 Å². The fraction of sp³-hybridized carbons (Fsp3) is 0.571. The third-order valence-corrected chi connectivity index (χ3v) is 5.97. The number of aryl methyl sites for hydroxylation is 2. The largest absolute Gasteiger partial charge is 0.483 e. The first-order valence-electron chi connectivity index (χ1n) is 9.79. The lowest BCUT2D eigenvalue weighted by molar-refractivity contribution is -0.141. The van der Waals surface area contributed by atoms with E-state index in [1.807, 2.05) is 41.8 Å². The molecule has 0 radical (unpaired) electrons. The number of aliphatic hydroxyl groups is 1. The van der Waals surface area contributed by atoms with Crippen LogP contribution in [0.1, 0.15) is 40.7 Å². The summed E-state index contributed by atoms with van der Waals surface area (Å²) in [6.07, 6.45) is 1.71. The second-order valence-corrected chi connectivity index (χ2v) is 8.01. The molecule has 3 rings (SSSR count). The summed E-state index contributed by atoms with van der Waals surface area (Å²) < 4.78 is 0. The number of benzene rings is 1. The van der Waals surface area contributed by atoms with Crippen molar-refractivity contribution in [1.29, 1.82) is 0 Å². The number of carboxylic acids is 1. The maximum Gasteiger partial charge on any atom is 0.317 e. The summed E-state index contributed by atoms with van der Waals surface area (Å²) in [5.74, 6) is -0.856. The summed E-state index contributed by atoms with van der Waals surface area (Å²) >= 11 is 0. The van der Waals surface area contributed by atoms with Gasteiger partial charge < -0.3 is 20.2 Å². The van der Waals surface area contributed by atoms with E-state index in [0.717, 1.165) is 24.0 Å². The van der Waals surface area contributed by atoms with Gasteiger partial charge in [0, 0.05) is 37.2 Å². The van der Waals surface area contributed by atoms with Crippen molar-refractivity contribution in [3.8, 4) is 0 Å². The predicted molar refractivity (Wildman–Crippen MR) is 107 cm³/mol. The molecule has 3 N–H and O–H groups in total. The maximum atomic E-state index is 13.0. The summed E-state index contributed by atoms with van der Waals surface area (Å²) in [6, 6.07) is 5.75. The average molecular weight is 406 g/mol. The van der Waals surface area contributed by atoms with Crippen LogP contribution < -0.4 is 0 Å². The van der Waals surface area contributed by atoms with E-state index < -0.39 is 17.5 Å². The smallest absolute Gasteiger partial charge is 0.317 e. The van der Waals surface area contributed by atoms with Crippen molar-refractivity contribution < 1.29 is 29.7 Å². The van der Waals surface area contributed by atoms with E-state index in [9.17, 15) is 14.7 Å². The lowest BCUT2D eigenvalue weighted by Crippen LogP contribution is -2.60. The van der Waals surface area contributed by atoms with Gasteiger partial charge in [-0.2, -0.15) is 0 Å². The van der Waals surface area contributed by atoms with Crippen LogP contribution in [0.25, 0.3) is 0 Å². The molecule has 160 valence electrons. The monoisotopic (exact) mass is 406 g/mol. The van der Waals surface area contributed by atoms with Gasteiger partial charge in [0.05, 0.1) is 12.6 Å². The van der Waals surface area contributed by atoms with Gasteiger partial charge in [-0.3, -0.25) is 19.3 Å². The molecule has 29 heavy (non-hydrogen) atoms. The Morgan fingerprint density at radius 1 is 1.21 bits per heavy atom. The number of rotatable bonds is 3. The molecule has 8 heteroatoms. The van der Waals surface area contributed by atoms with Crippen LogP contribution in [0, 0.1) is 19.3 Å². The Bertz CT molecular complexity index is 753. The third-order valence-electron chi connectivity index (χ3n) is 5.97. The van der Waals surface area contributed by atoms with Gasteiger partial charge in [0.25, 0.3) is 12.4 Å². The van der Waals surface area contributed by atoms with Gasteiger partial charge in [-0.15, -0.1) is 0 Å². The Balaban J connectivity index is 0.000000941. The topological polar surface area (TPSA) is 118 Å². The Hall–Kier alpha value is -2.45. The van der Waals surface area contributed by atoms with Crippen molar-refractivity contribution in [1.82, 2.24) is 9.80 Å². The molecule has 0 unspecified atom stereocenters. The molecule has 2 aliphatic heterocycles.